The molecule has 2 aliphatic rings. The van der Waals surface area contributed by atoms with Gasteiger partial charge in [0.25, 0.3) is 5.91 Å². The Kier molecular flexibility index (Phi) is 5.61. The molecule has 1 aliphatic carbocycles. The Morgan fingerprint density at radius 2 is 2.00 bits per heavy atom. The molecule has 6 nitrogen and oxygen atoms in total. The van der Waals surface area contributed by atoms with Crippen molar-refractivity contribution in [1.29, 1.82) is 0 Å². The number of amides is 3. The van der Waals surface area contributed by atoms with Crippen molar-refractivity contribution in [3.8, 4) is 0 Å². The number of hydrogen-bond acceptors (Lipinski definition) is 2. The molecule has 0 saturated heterocycles. The Labute approximate surface area is 159 Å². The summed E-state index contributed by atoms with van der Waals surface area (Å²) in [7, 11) is 1.59. The summed E-state index contributed by atoms with van der Waals surface area (Å²) >= 11 is 6.58. The number of fused-ring (bicyclic) bond motifs is 1. The minimum atomic E-state index is -0.223. The van der Waals surface area contributed by atoms with Crippen molar-refractivity contribution in [1.82, 2.24) is 20.1 Å². The second kappa shape index (κ2) is 7.74. The number of hydrogen-bond donors (Lipinski definition) is 2. The van der Waals surface area contributed by atoms with Gasteiger partial charge < -0.3 is 20.1 Å². The van der Waals surface area contributed by atoms with Crippen molar-refractivity contribution in [2.45, 2.75) is 57.7 Å². The van der Waals surface area contributed by atoms with Crippen molar-refractivity contribution in [2.24, 2.45) is 0 Å². The zero-order valence-electron chi connectivity index (χ0n) is 15.5. The fraction of sp³-hybridized carbons (Fsp3) is 0.579. The van der Waals surface area contributed by atoms with E-state index in [2.05, 4.69) is 21.8 Å². The van der Waals surface area contributed by atoms with Crippen LogP contribution in [0.1, 0.15) is 60.3 Å². The molecule has 1 aliphatic heterocycles. The van der Waals surface area contributed by atoms with E-state index in [0.717, 1.165) is 24.2 Å². The van der Waals surface area contributed by atoms with E-state index in [1.165, 1.54) is 12.8 Å². The van der Waals surface area contributed by atoms with E-state index < -0.39 is 0 Å². The van der Waals surface area contributed by atoms with Crippen LogP contribution in [0.25, 0.3) is 0 Å². The van der Waals surface area contributed by atoms with E-state index in [0.29, 0.717) is 30.2 Å². The Morgan fingerprint density at radius 3 is 2.62 bits per heavy atom. The van der Waals surface area contributed by atoms with Crippen LogP contribution in [0, 0.1) is 0 Å². The summed E-state index contributed by atoms with van der Waals surface area (Å²) in [4.78, 5) is 26.9. The van der Waals surface area contributed by atoms with E-state index in [9.17, 15) is 9.59 Å². The van der Waals surface area contributed by atoms with Gasteiger partial charge in [-0.15, -0.1) is 6.58 Å². The largest absolute Gasteiger partial charge is 0.355 e. The first kappa shape index (κ1) is 18.8. The fourth-order valence-corrected chi connectivity index (χ4v) is 4.45. The maximum Gasteiger partial charge on any atom is 0.318 e. The minimum Gasteiger partial charge on any atom is -0.355 e. The van der Waals surface area contributed by atoms with Gasteiger partial charge >= 0.3 is 6.03 Å². The van der Waals surface area contributed by atoms with Crippen molar-refractivity contribution in [2.75, 3.05) is 13.6 Å². The summed E-state index contributed by atoms with van der Waals surface area (Å²) < 4.78 is 2.08. The second-order valence-electron chi connectivity index (χ2n) is 7.13. The number of carbonyl (C=O) groups is 2. The number of aromatic nitrogens is 1. The van der Waals surface area contributed by atoms with Crippen LogP contribution in [-0.4, -0.2) is 41.0 Å². The normalized spacial score (nSPS) is 18.3. The number of carbonyl (C=O) groups excluding carboxylic acids is 2. The Morgan fingerprint density at radius 1 is 1.31 bits per heavy atom. The van der Waals surface area contributed by atoms with Gasteiger partial charge in [0.15, 0.2) is 0 Å². The summed E-state index contributed by atoms with van der Waals surface area (Å²) in [6.45, 7) is 7.46. The van der Waals surface area contributed by atoms with Gasteiger partial charge in [-0.2, -0.15) is 0 Å². The maximum absolute atomic E-state index is 12.7. The molecular formula is C19H27ClN4O2. The first-order valence-electron chi connectivity index (χ1n) is 9.28. The number of allylic oxidation sites excluding steroid dienone is 1. The fourth-order valence-electron chi connectivity index (χ4n) is 3.98. The molecule has 142 valence electrons. The topological polar surface area (TPSA) is 66.4 Å². The summed E-state index contributed by atoms with van der Waals surface area (Å²) in [6, 6.07) is 0.219. The van der Waals surface area contributed by atoms with Crippen LogP contribution in [0.5, 0.6) is 0 Å². The zero-order valence-corrected chi connectivity index (χ0v) is 16.2. The average molecular weight is 379 g/mol. The standard InChI is InChI=1S/C19H27ClN4O2/c1-4-12(2)17-16(20)15(18(25)21-3)14-11-23(9-10-24(14)17)19(26)22-13-7-5-6-8-13/h4,12-13H,1,5-11H2,2-3H3,(H,21,25)(H,22,26). The van der Waals surface area contributed by atoms with Gasteiger partial charge in [0.2, 0.25) is 0 Å². The minimum absolute atomic E-state index is 0.0264. The SMILES string of the molecule is C=CC(C)c1c(Cl)c(C(=O)NC)c2n1CCN(C(=O)NC1CCCC1)C2. The second-order valence-corrected chi connectivity index (χ2v) is 7.51. The lowest BCUT2D eigenvalue weighted by Crippen LogP contribution is -2.47. The van der Waals surface area contributed by atoms with Crippen LogP contribution in [-0.2, 0) is 13.1 Å². The van der Waals surface area contributed by atoms with Crippen molar-refractivity contribution in [3.63, 3.8) is 0 Å². The van der Waals surface area contributed by atoms with Crippen molar-refractivity contribution < 1.29 is 9.59 Å². The van der Waals surface area contributed by atoms with Crippen molar-refractivity contribution >= 4 is 23.5 Å². The van der Waals surface area contributed by atoms with Gasteiger partial charge in [0, 0.05) is 37.8 Å². The molecule has 1 saturated carbocycles. The van der Waals surface area contributed by atoms with E-state index in [1.807, 2.05) is 13.0 Å². The lowest BCUT2D eigenvalue weighted by Gasteiger charge is -2.31. The zero-order chi connectivity index (χ0) is 18.8. The quantitative estimate of drug-likeness (QED) is 0.790. The maximum atomic E-state index is 12.7. The molecule has 26 heavy (non-hydrogen) atoms. The van der Waals surface area contributed by atoms with E-state index >= 15 is 0 Å². The highest BCUT2D eigenvalue weighted by Crippen LogP contribution is 2.36. The van der Waals surface area contributed by atoms with E-state index in [-0.39, 0.29) is 23.9 Å². The highest BCUT2D eigenvalue weighted by molar-refractivity contribution is 6.35. The number of nitrogens with zero attached hydrogens (tertiary/aromatic N) is 2. The van der Waals surface area contributed by atoms with Gasteiger partial charge in [0.05, 0.1) is 22.8 Å². The van der Waals surface area contributed by atoms with Crippen LogP contribution in [0.3, 0.4) is 0 Å². The van der Waals surface area contributed by atoms with Crippen LogP contribution in [0.4, 0.5) is 4.79 Å². The predicted octanol–water partition coefficient (Wildman–Crippen LogP) is 3.26. The molecule has 2 N–H and O–H groups in total. The van der Waals surface area contributed by atoms with Gasteiger partial charge in [0.1, 0.15) is 0 Å². The Hall–Kier alpha value is -1.95. The third-order valence-corrected chi connectivity index (χ3v) is 5.88. The highest BCUT2D eigenvalue weighted by atomic mass is 35.5. The Balaban J connectivity index is 1.89. The third-order valence-electron chi connectivity index (χ3n) is 5.49. The van der Waals surface area contributed by atoms with Gasteiger partial charge in [-0.25, -0.2) is 4.79 Å². The summed E-state index contributed by atoms with van der Waals surface area (Å²) in [5.41, 5.74) is 2.16. The molecule has 3 amide bonds. The molecule has 0 radical (unpaired) electrons. The molecule has 3 rings (SSSR count). The van der Waals surface area contributed by atoms with Crippen LogP contribution in [0.2, 0.25) is 5.02 Å². The number of urea groups is 1. The molecule has 1 unspecified atom stereocenters. The molecule has 1 aromatic rings. The monoisotopic (exact) mass is 378 g/mol. The number of nitrogens with one attached hydrogen (secondary N) is 2. The van der Waals surface area contributed by atoms with Crippen LogP contribution in [0.15, 0.2) is 12.7 Å². The molecular weight excluding hydrogens is 352 g/mol. The van der Waals surface area contributed by atoms with Gasteiger partial charge in [-0.1, -0.05) is 37.4 Å². The summed E-state index contributed by atoms with van der Waals surface area (Å²) in [6.07, 6.45) is 6.26. The smallest absolute Gasteiger partial charge is 0.318 e. The van der Waals surface area contributed by atoms with E-state index in [4.69, 9.17) is 11.6 Å². The lowest BCUT2D eigenvalue weighted by atomic mass is 10.1. The molecule has 1 fully saturated rings. The van der Waals surface area contributed by atoms with Gasteiger partial charge in [-0.05, 0) is 12.8 Å². The van der Waals surface area contributed by atoms with Crippen LogP contribution >= 0.6 is 11.6 Å². The third kappa shape index (κ3) is 3.34. The summed E-state index contributed by atoms with van der Waals surface area (Å²) in [5.74, 6) is -0.196. The molecule has 0 bridgehead atoms. The van der Waals surface area contributed by atoms with E-state index in [1.54, 1.807) is 11.9 Å². The van der Waals surface area contributed by atoms with Crippen LogP contribution < -0.4 is 10.6 Å². The highest BCUT2D eigenvalue weighted by Gasteiger charge is 2.33. The van der Waals surface area contributed by atoms with Gasteiger partial charge in [-0.3, -0.25) is 4.79 Å². The molecule has 2 heterocycles. The average Bonchev–Trinajstić information content (AvgIpc) is 3.25. The summed E-state index contributed by atoms with van der Waals surface area (Å²) in [5, 5.41) is 6.25. The molecule has 0 aromatic carbocycles. The number of halogens is 1. The predicted molar refractivity (Wildman–Crippen MR) is 103 cm³/mol. The number of rotatable bonds is 4. The Bertz CT molecular complexity index is 722. The molecule has 0 spiro atoms. The van der Waals surface area contributed by atoms with Crippen molar-refractivity contribution in [3.05, 3.63) is 34.6 Å². The molecule has 7 heteroatoms. The molecule has 1 atom stereocenters. The first-order chi connectivity index (χ1) is 12.5. The molecule has 1 aromatic heterocycles. The first-order valence-corrected chi connectivity index (χ1v) is 9.66. The lowest BCUT2D eigenvalue weighted by molar-refractivity contribution is 0.0959.